The molecule has 3 heteroatoms. The average molecular weight is 261 g/mol. The third-order valence-corrected chi connectivity index (χ3v) is 4.89. The van der Waals surface area contributed by atoms with Crippen LogP contribution in [-0.2, 0) is 19.5 Å². The fraction of sp³-hybridized carbons (Fsp3) is 0.812. The molecule has 1 aliphatic heterocycles. The monoisotopic (exact) mass is 261 g/mol. The summed E-state index contributed by atoms with van der Waals surface area (Å²) in [5.41, 5.74) is 3.19. The van der Waals surface area contributed by atoms with Crippen LogP contribution < -0.4 is 5.32 Å². The second-order valence-corrected chi connectivity index (χ2v) is 7.44. The topological polar surface area (TPSA) is 29.9 Å². The molecule has 0 radical (unpaired) electrons. The van der Waals surface area contributed by atoms with Gasteiger partial charge < -0.3 is 9.88 Å². The molecule has 1 unspecified atom stereocenters. The van der Waals surface area contributed by atoms with Crippen molar-refractivity contribution >= 4 is 0 Å². The third-order valence-electron chi connectivity index (χ3n) is 4.89. The van der Waals surface area contributed by atoms with Crippen molar-refractivity contribution in [2.75, 3.05) is 6.54 Å². The van der Waals surface area contributed by atoms with Gasteiger partial charge in [0.15, 0.2) is 0 Å². The number of aromatic nitrogens is 2. The average Bonchev–Trinajstić information content (AvgIpc) is 3.12. The smallest absolute Gasteiger partial charge is 0.112 e. The van der Waals surface area contributed by atoms with Crippen molar-refractivity contribution in [1.29, 1.82) is 0 Å². The van der Waals surface area contributed by atoms with Gasteiger partial charge in [0, 0.05) is 37.7 Å². The number of fused-ring (bicyclic) bond motifs is 1. The summed E-state index contributed by atoms with van der Waals surface area (Å²) in [7, 11) is 0. The molecule has 19 heavy (non-hydrogen) atoms. The molecule has 1 atom stereocenters. The van der Waals surface area contributed by atoms with Gasteiger partial charge in [0.1, 0.15) is 5.82 Å². The van der Waals surface area contributed by atoms with Crippen molar-refractivity contribution in [1.82, 2.24) is 14.9 Å². The van der Waals surface area contributed by atoms with Crippen LogP contribution in [-0.4, -0.2) is 16.1 Å². The van der Waals surface area contributed by atoms with Crippen LogP contribution in [0.15, 0.2) is 0 Å². The first-order chi connectivity index (χ1) is 8.97. The molecule has 2 heterocycles. The predicted octanol–water partition coefficient (Wildman–Crippen LogP) is 3.09. The van der Waals surface area contributed by atoms with Crippen LogP contribution in [0.4, 0.5) is 0 Å². The van der Waals surface area contributed by atoms with E-state index in [9.17, 15) is 0 Å². The maximum Gasteiger partial charge on any atom is 0.112 e. The van der Waals surface area contributed by atoms with Gasteiger partial charge in [0.2, 0.25) is 0 Å². The summed E-state index contributed by atoms with van der Waals surface area (Å²) >= 11 is 0. The van der Waals surface area contributed by atoms with E-state index in [4.69, 9.17) is 4.98 Å². The van der Waals surface area contributed by atoms with Gasteiger partial charge in [-0.15, -0.1) is 0 Å². The molecule has 106 valence electrons. The normalized spacial score (nSPS) is 21.3. The predicted molar refractivity (Wildman–Crippen MR) is 78.2 cm³/mol. The molecule has 0 amide bonds. The van der Waals surface area contributed by atoms with Crippen molar-refractivity contribution < 1.29 is 0 Å². The van der Waals surface area contributed by atoms with Crippen molar-refractivity contribution in [3.8, 4) is 0 Å². The van der Waals surface area contributed by atoms with Gasteiger partial charge in [0.05, 0.1) is 5.69 Å². The standard InChI is InChI=1S/C16H27N3/c1-11(16(2,3)4)10-19-14-7-8-17-9-13(14)18-15(19)12-5-6-12/h11-12,17H,5-10H2,1-4H3. The lowest BCUT2D eigenvalue weighted by Gasteiger charge is -2.29. The Kier molecular flexibility index (Phi) is 3.20. The van der Waals surface area contributed by atoms with Gasteiger partial charge in [-0.3, -0.25) is 0 Å². The van der Waals surface area contributed by atoms with Crippen LogP contribution in [0.2, 0.25) is 0 Å². The molecule has 1 aliphatic carbocycles. The lowest BCUT2D eigenvalue weighted by atomic mass is 9.82. The van der Waals surface area contributed by atoms with Crippen LogP contribution in [0, 0.1) is 11.3 Å². The summed E-state index contributed by atoms with van der Waals surface area (Å²) in [5, 5.41) is 3.45. The Bertz CT molecular complexity index is 463. The van der Waals surface area contributed by atoms with Gasteiger partial charge in [-0.05, 0) is 24.2 Å². The molecule has 1 N–H and O–H groups in total. The first kappa shape index (κ1) is 13.2. The number of hydrogen-bond acceptors (Lipinski definition) is 2. The SMILES string of the molecule is CC(Cn1c(C2CC2)nc2c1CCNC2)C(C)(C)C. The number of nitrogens with zero attached hydrogens (tertiary/aromatic N) is 2. The minimum absolute atomic E-state index is 0.366. The molecule has 0 spiro atoms. The molecule has 0 saturated heterocycles. The quantitative estimate of drug-likeness (QED) is 0.906. The summed E-state index contributed by atoms with van der Waals surface area (Å²) in [5.74, 6) is 2.81. The first-order valence-corrected chi connectivity index (χ1v) is 7.75. The Morgan fingerprint density at radius 2 is 2.11 bits per heavy atom. The molecule has 0 aromatic carbocycles. The number of nitrogens with one attached hydrogen (secondary N) is 1. The first-order valence-electron chi connectivity index (χ1n) is 7.75. The molecule has 2 aliphatic rings. The Hall–Kier alpha value is -0.830. The Morgan fingerprint density at radius 1 is 1.37 bits per heavy atom. The molecule has 1 aromatic rings. The number of rotatable bonds is 3. The summed E-state index contributed by atoms with van der Waals surface area (Å²) in [6.07, 6.45) is 3.83. The van der Waals surface area contributed by atoms with Gasteiger partial charge in [-0.25, -0.2) is 4.98 Å². The maximum atomic E-state index is 4.95. The van der Waals surface area contributed by atoms with Crippen LogP contribution in [0.3, 0.4) is 0 Å². The summed E-state index contributed by atoms with van der Waals surface area (Å²) in [6, 6.07) is 0. The molecule has 3 rings (SSSR count). The highest BCUT2D eigenvalue weighted by molar-refractivity contribution is 5.24. The van der Waals surface area contributed by atoms with Crippen LogP contribution in [0.25, 0.3) is 0 Å². The van der Waals surface area contributed by atoms with E-state index in [2.05, 4.69) is 37.6 Å². The van der Waals surface area contributed by atoms with E-state index in [1.165, 1.54) is 30.1 Å². The van der Waals surface area contributed by atoms with Crippen LogP contribution >= 0.6 is 0 Å². The molecule has 3 nitrogen and oxygen atoms in total. The van der Waals surface area contributed by atoms with Crippen molar-refractivity contribution in [3.05, 3.63) is 17.2 Å². The minimum atomic E-state index is 0.366. The van der Waals surface area contributed by atoms with Gasteiger partial charge in [-0.1, -0.05) is 27.7 Å². The van der Waals surface area contributed by atoms with E-state index in [0.717, 1.165) is 32.0 Å². The number of imidazole rings is 1. The van der Waals surface area contributed by atoms with Crippen molar-refractivity contribution in [3.63, 3.8) is 0 Å². The van der Waals surface area contributed by atoms with E-state index in [-0.39, 0.29) is 0 Å². The molecule has 1 saturated carbocycles. The van der Waals surface area contributed by atoms with Crippen molar-refractivity contribution in [2.45, 2.75) is 66.0 Å². The Morgan fingerprint density at radius 3 is 2.74 bits per heavy atom. The van der Waals surface area contributed by atoms with E-state index < -0.39 is 0 Å². The third kappa shape index (κ3) is 2.58. The van der Waals surface area contributed by atoms with Crippen LogP contribution in [0.1, 0.15) is 63.7 Å². The zero-order chi connectivity index (χ0) is 13.6. The summed E-state index contributed by atoms with van der Waals surface area (Å²) < 4.78 is 2.57. The van der Waals surface area contributed by atoms with E-state index in [1.807, 2.05) is 0 Å². The molecule has 0 bridgehead atoms. The number of hydrogen-bond donors (Lipinski definition) is 1. The molecular weight excluding hydrogens is 234 g/mol. The second-order valence-electron chi connectivity index (χ2n) is 7.44. The Labute approximate surface area is 116 Å². The van der Waals surface area contributed by atoms with E-state index in [0.29, 0.717) is 11.3 Å². The second kappa shape index (κ2) is 4.62. The molecule has 1 fully saturated rings. The van der Waals surface area contributed by atoms with Gasteiger partial charge >= 0.3 is 0 Å². The van der Waals surface area contributed by atoms with Crippen molar-refractivity contribution in [2.24, 2.45) is 11.3 Å². The molecular formula is C16H27N3. The van der Waals surface area contributed by atoms with Gasteiger partial charge in [-0.2, -0.15) is 0 Å². The lowest BCUT2D eigenvalue weighted by Crippen LogP contribution is -2.28. The minimum Gasteiger partial charge on any atom is -0.331 e. The zero-order valence-corrected chi connectivity index (χ0v) is 12.8. The van der Waals surface area contributed by atoms with E-state index >= 15 is 0 Å². The lowest BCUT2D eigenvalue weighted by molar-refractivity contribution is 0.229. The Balaban J connectivity index is 1.92. The summed E-state index contributed by atoms with van der Waals surface area (Å²) in [4.78, 5) is 4.95. The molecule has 1 aromatic heterocycles. The van der Waals surface area contributed by atoms with Gasteiger partial charge in [0.25, 0.3) is 0 Å². The fourth-order valence-electron chi connectivity index (χ4n) is 2.80. The summed E-state index contributed by atoms with van der Waals surface area (Å²) in [6.45, 7) is 12.6. The van der Waals surface area contributed by atoms with Crippen LogP contribution in [0.5, 0.6) is 0 Å². The highest BCUT2D eigenvalue weighted by Gasteiger charge is 2.33. The maximum absolute atomic E-state index is 4.95. The zero-order valence-electron chi connectivity index (χ0n) is 12.8. The highest BCUT2D eigenvalue weighted by atomic mass is 15.1. The fourth-order valence-corrected chi connectivity index (χ4v) is 2.80. The van der Waals surface area contributed by atoms with E-state index in [1.54, 1.807) is 0 Å². The highest BCUT2D eigenvalue weighted by Crippen LogP contribution is 2.41. The largest absolute Gasteiger partial charge is 0.331 e.